The van der Waals surface area contributed by atoms with E-state index in [0.29, 0.717) is 13.2 Å². The molecule has 0 bridgehead atoms. The quantitative estimate of drug-likeness (QED) is 0.905. The van der Waals surface area contributed by atoms with Crippen LogP contribution in [0, 0.1) is 6.92 Å². The van der Waals surface area contributed by atoms with Crippen molar-refractivity contribution in [1.82, 2.24) is 5.32 Å². The van der Waals surface area contributed by atoms with Crippen molar-refractivity contribution in [3.63, 3.8) is 0 Å². The third-order valence-electron chi connectivity index (χ3n) is 3.37. The van der Waals surface area contributed by atoms with Gasteiger partial charge >= 0.3 is 6.03 Å². The maximum absolute atomic E-state index is 11.7. The molecule has 1 atom stereocenters. The number of primary amides is 1. The number of anilines is 1. The highest BCUT2D eigenvalue weighted by molar-refractivity contribution is 5.92. The van der Waals surface area contributed by atoms with Crippen LogP contribution in [0.2, 0.25) is 0 Å². The van der Waals surface area contributed by atoms with Crippen LogP contribution in [0.5, 0.6) is 0 Å². The van der Waals surface area contributed by atoms with Gasteiger partial charge in [0.05, 0.1) is 18.8 Å². The lowest BCUT2D eigenvalue weighted by atomic mass is 10.1. The molecule has 2 amide bonds. The van der Waals surface area contributed by atoms with Crippen LogP contribution in [0.4, 0.5) is 10.5 Å². The van der Waals surface area contributed by atoms with E-state index in [1.807, 2.05) is 43.3 Å². The lowest BCUT2D eigenvalue weighted by Gasteiger charge is -2.36. The second kappa shape index (κ2) is 5.59. The number of hydrogen-bond acceptors (Lipinski definition) is 4. The third kappa shape index (κ3) is 2.76. The molecular weight excluding hydrogens is 270 g/mol. The molecule has 1 aliphatic rings. The number of nitrogens with zero attached hydrogens (tertiary/aromatic N) is 1. The van der Waals surface area contributed by atoms with Crippen LogP contribution in [-0.2, 0) is 17.9 Å². The maximum Gasteiger partial charge on any atom is 0.322 e. The van der Waals surface area contributed by atoms with E-state index in [-0.39, 0.29) is 0 Å². The fourth-order valence-electron chi connectivity index (χ4n) is 2.39. The number of fused-ring (bicyclic) bond motifs is 1. The summed E-state index contributed by atoms with van der Waals surface area (Å²) in [4.78, 5) is 13.2. The van der Waals surface area contributed by atoms with E-state index in [9.17, 15) is 4.79 Å². The Morgan fingerprint density at radius 1 is 1.38 bits per heavy atom. The zero-order valence-electron chi connectivity index (χ0n) is 11.7. The number of carbonyl (C=O) groups is 1. The average molecular weight is 287 g/mol. The Labute approximate surface area is 122 Å². The lowest BCUT2D eigenvalue weighted by Crippen LogP contribution is -2.54. The summed E-state index contributed by atoms with van der Waals surface area (Å²) in [5.41, 5.74) is 7.19. The minimum atomic E-state index is -0.609. The van der Waals surface area contributed by atoms with Gasteiger partial charge in [0.15, 0.2) is 6.35 Å². The van der Waals surface area contributed by atoms with Gasteiger partial charge in [-0.3, -0.25) is 10.2 Å². The number of rotatable bonds is 3. The first-order chi connectivity index (χ1) is 10.1. The standard InChI is InChI=1S/C15H17N3O3/c1-10-6-7-12(21-10)8-17-15-18(14(16)19)13-5-3-2-4-11(13)9-20-15/h2-7,15,17H,8-9H2,1H3,(H2,16,19). The van der Waals surface area contributed by atoms with E-state index in [1.165, 1.54) is 4.90 Å². The van der Waals surface area contributed by atoms with Gasteiger partial charge < -0.3 is 14.9 Å². The summed E-state index contributed by atoms with van der Waals surface area (Å²) in [6.07, 6.45) is -0.609. The molecule has 0 spiro atoms. The Balaban J connectivity index is 1.77. The third-order valence-corrected chi connectivity index (χ3v) is 3.37. The highest BCUT2D eigenvalue weighted by Crippen LogP contribution is 2.28. The Bertz CT molecular complexity index is 653. The van der Waals surface area contributed by atoms with Crippen molar-refractivity contribution < 1.29 is 13.9 Å². The van der Waals surface area contributed by atoms with Gasteiger partial charge in [-0.2, -0.15) is 0 Å². The molecule has 1 aromatic carbocycles. The molecular formula is C15H17N3O3. The van der Waals surface area contributed by atoms with E-state index in [4.69, 9.17) is 14.9 Å². The van der Waals surface area contributed by atoms with Gasteiger partial charge in [-0.05, 0) is 25.1 Å². The predicted octanol–water partition coefficient (Wildman–Crippen LogP) is 2.08. The highest BCUT2D eigenvalue weighted by atomic mass is 16.5. The van der Waals surface area contributed by atoms with E-state index < -0.39 is 12.4 Å². The molecule has 1 unspecified atom stereocenters. The van der Waals surface area contributed by atoms with E-state index in [2.05, 4.69) is 5.32 Å². The molecule has 0 saturated heterocycles. The number of hydrogen-bond donors (Lipinski definition) is 2. The van der Waals surface area contributed by atoms with Gasteiger partial charge in [-0.25, -0.2) is 4.79 Å². The molecule has 1 aromatic heterocycles. The number of carbonyl (C=O) groups excluding carboxylic acids is 1. The first kappa shape index (κ1) is 13.7. The van der Waals surface area contributed by atoms with Gasteiger partial charge in [0.25, 0.3) is 0 Å². The van der Waals surface area contributed by atoms with Gasteiger partial charge in [-0.15, -0.1) is 0 Å². The zero-order chi connectivity index (χ0) is 14.8. The van der Waals surface area contributed by atoms with Gasteiger partial charge in [0, 0.05) is 5.56 Å². The first-order valence-corrected chi connectivity index (χ1v) is 6.72. The smallest absolute Gasteiger partial charge is 0.322 e. The van der Waals surface area contributed by atoms with Crippen LogP contribution >= 0.6 is 0 Å². The molecule has 6 nitrogen and oxygen atoms in total. The topological polar surface area (TPSA) is 80.7 Å². The van der Waals surface area contributed by atoms with Crippen molar-refractivity contribution in [3.05, 3.63) is 53.5 Å². The van der Waals surface area contributed by atoms with E-state index in [1.54, 1.807) is 0 Å². The SMILES string of the molecule is Cc1ccc(CNC2OCc3ccccc3N2C(N)=O)o1. The molecule has 6 heteroatoms. The number of furan rings is 1. The summed E-state index contributed by atoms with van der Waals surface area (Å²) >= 11 is 0. The second-order valence-corrected chi connectivity index (χ2v) is 4.89. The van der Waals surface area contributed by atoms with Crippen molar-refractivity contribution in [1.29, 1.82) is 0 Å². The number of para-hydroxylation sites is 1. The monoisotopic (exact) mass is 287 g/mol. The highest BCUT2D eigenvalue weighted by Gasteiger charge is 2.30. The van der Waals surface area contributed by atoms with Crippen LogP contribution in [-0.4, -0.2) is 12.4 Å². The van der Waals surface area contributed by atoms with Crippen molar-refractivity contribution in [2.75, 3.05) is 4.90 Å². The fourth-order valence-corrected chi connectivity index (χ4v) is 2.39. The number of nitrogens with one attached hydrogen (secondary N) is 1. The molecule has 3 rings (SSSR count). The summed E-state index contributed by atoms with van der Waals surface area (Å²) in [5.74, 6) is 1.62. The molecule has 2 aromatic rings. The van der Waals surface area contributed by atoms with Gasteiger partial charge in [-0.1, -0.05) is 18.2 Å². The largest absolute Gasteiger partial charge is 0.465 e. The van der Waals surface area contributed by atoms with Crippen LogP contribution in [0.15, 0.2) is 40.8 Å². The molecule has 21 heavy (non-hydrogen) atoms. The predicted molar refractivity (Wildman–Crippen MR) is 77.4 cm³/mol. The maximum atomic E-state index is 11.7. The Kier molecular flexibility index (Phi) is 3.64. The molecule has 0 aliphatic carbocycles. The molecule has 0 saturated carbocycles. The Hall–Kier alpha value is -2.31. The first-order valence-electron chi connectivity index (χ1n) is 6.72. The Morgan fingerprint density at radius 2 is 2.19 bits per heavy atom. The molecule has 3 N–H and O–H groups in total. The zero-order valence-corrected chi connectivity index (χ0v) is 11.7. The fraction of sp³-hybridized carbons (Fsp3) is 0.267. The number of nitrogens with two attached hydrogens (primary N) is 1. The van der Waals surface area contributed by atoms with Crippen molar-refractivity contribution >= 4 is 11.7 Å². The number of benzene rings is 1. The van der Waals surface area contributed by atoms with Crippen molar-refractivity contribution in [3.8, 4) is 0 Å². The van der Waals surface area contributed by atoms with Gasteiger partial charge in [0.1, 0.15) is 11.5 Å². The van der Waals surface area contributed by atoms with Gasteiger partial charge in [0.2, 0.25) is 0 Å². The lowest BCUT2D eigenvalue weighted by molar-refractivity contribution is 0.00954. The van der Waals surface area contributed by atoms with Crippen molar-refractivity contribution in [2.24, 2.45) is 5.73 Å². The summed E-state index contributed by atoms with van der Waals surface area (Å²) in [7, 11) is 0. The average Bonchev–Trinajstić information content (AvgIpc) is 2.89. The summed E-state index contributed by atoms with van der Waals surface area (Å²) < 4.78 is 11.2. The second-order valence-electron chi connectivity index (χ2n) is 4.89. The van der Waals surface area contributed by atoms with Crippen LogP contribution in [0.25, 0.3) is 0 Å². The minimum absolute atomic E-state index is 0.425. The Morgan fingerprint density at radius 3 is 2.90 bits per heavy atom. The normalized spacial score (nSPS) is 17.6. The molecule has 0 fully saturated rings. The molecule has 0 radical (unpaired) electrons. The summed E-state index contributed by atoms with van der Waals surface area (Å²) in [5, 5.41) is 3.13. The number of urea groups is 1. The summed E-state index contributed by atoms with van der Waals surface area (Å²) in [6.45, 7) is 2.76. The van der Waals surface area contributed by atoms with Crippen LogP contribution < -0.4 is 16.0 Å². The van der Waals surface area contributed by atoms with E-state index in [0.717, 1.165) is 22.8 Å². The minimum Gasteiger partial charge on any atom is -0.465 e. The van der Waals surface area contributed by atoms with E-state index >= 15 is 0 Å². The molecule has 110 valence electrons. The number of aryl methyl sites for hydroxylation is 1. The van der Waals surface area contributed by atoms with Crippen LogP contribution in [0.1, 0.15) is 17.1 Å². The molecule has 2 heterocycles. The number of ether oxygens (including phenoxy) is 1. The number of amides is 2. The summed E-state index contributed by atoms with van der Waals surface area (Å²) in [6, 6.07) is 10.8. The molecule has 1 aliphatic heterocycles. The van der Waals surface area contributed by atoms with Crippen molar-refractivity contribution in [2.45, 2.75) is 26.4 Å². The van der Waals surface area contributed by atoms with Crippen LogP contribution in [0.3, 0.4) is 0 Å².